The van der Waals surface area contributed by atoms with Gasteiger partial charge in [-0.15, -0.1) is 0 Å². The van der Waals surface area contributed by atoms with E-state index in [0.29, 0.717) is 12.2 Å². The van der Waals surface area contributed by atoms with Crippen molar-refractivity contribution >= 4 is 10.8 Å². The van der Waals surface area contributed by atoms with E-state index in [4.69, 9.17) is 9.47 Å². The lowest BCUT2D eigenvalue weighted by molar-refractivity contribution is -0.128. The molecule has 4 rings (SSSR count). The number of halogens is 5. The van der Waals surface area contributed by atoms with Gasteiger partial charge in [-0.25, -0.2) is 22.0 Å². The molecule has 0 aliphatic carbocycles. The summed E-state index contributed by atoms with van der Waals surface area (Å²) in [6.07, 6.45) is -0.653. The zero-order chi connectivity index (χ0) is 21.4. The molecule has 2 atom stereocenters. The molecule has 2 nitrogen and oxygen atoms in total. The second-order valence-electron chi connectivity index (χ2n) is 7.00. The van der Waals surface area contributed by atoms with Gasteiger partial charge in [0.25, 0.3) is 0 Å². The Morgan fingerprint density at radius 2 is 1.53 bits per heavy atom. The third-order valence-electron chi connectivity index (χ3n) is 4.80. The molecule has 0 N–H and O–H groups in total. The maximum atomic E-state index is 14.5. The summed E-state index contributed by atoms with van der Waals surface area (Å²) in [6.45, 7) is 2.35. The Labute approximate surface area is 169 Å². The number of rotatable bonds is 1. The monoisotopic (exact) mass is 418 g/mol. The summed E-state index contributed by atoms with van der Waals surface area (Å²) in [5.74, 6) is -0.948. The summed E-state index contributed by atoms with van der Waals surface area (Å²) in [4.78, 5) is 0. The van der Waals surface area contributed by atoms with Crippen molar-refractivity contribution < 1.29 is 31.4 Å². The number of fused-ring (bicyclic) bond motifs is 1. The molecule has 154 valence electrons. The molecular formula is C23H15F5O2. The highest BCUT2D eigenvalue weighted by Gasteiger charge is 2.23. The first-order chi connectivity index (χ1) is 14.3. The molecule has 0 amide bonds. The van der Waals surface area contributed by atoms with E-state index in [2.05, 4.69) is 11.8 Å². The zero-order valence-electron chi connectivity index (χ0n) is 15.7. The van der Waals surface area contributed by atoms with Crippen LogP contribution in [0.3, 0.4) is 0 Å². The van der Waals surface area contributed by atoms with Crippen LogP contribution in [0.25, 0.3) is 10.8 Å². The molecule has 7 heteroatoms. The summed E-state index contributed by atoms with van der Waals surface area (Å²) in [6, 6.07) is 7.02. The number of hydrogen-bond donors (Lipinski definition) is 0. The molecule has 1 heterocycles. The minimum atomic E-state index is -1.56. The Kier molecular flexibility index (Phi) is 5.46. The van der Waals surface area contributed by atoms with Gasteiger partial charge in [-0.1, -0.05) is 17.9 Å². The quantitative estimate of drug-likeness (QED) is 0.299. The summed E-state index contributed by atoms with van der Waals surface area (Å²) >= 11 is 0. The molecule has 0 spiro atoms. The molecule has 0 unspecified atom stereocenters. The van der Waals surface area contributed by atoms with E-state index in [1.165, 1.54) is 18.2 Å². The van der Waals surface area contributed by atoms with Crippen LogP contribution in [-0.2, 0) is 9.47 Å². The third kappa shape index (κ3) is 3.89. The Bertz CT molecular complexity index is 1160. The van der Waals surface area contributed by atoms with Gasteiger partial charge in [-0.2, -0.15) is 0 Å². The molecule has 3 aromatic rings. The standard InChI is InChI=1S/C23H15F5O2/c1-12-10-30-21(11-29-12)15-8-18(24)17(19(25)9-15)5-3-13-2-4-16-14(6-13)7-20(26)23(28)22(16)27/h2,4,6-9,12,21H,10-11H2,1H3/t12-,21-/m1/s1. The van der Waals surface area contributed by atoms with E-state index in [0.717, 1.165) is 18.2 Å². The van der Waals surface area contributed by atoms with Gasteiger partial charge < -0.3 is 9.47 Å². The lowest BCUT2D eigenvalue weighted by Gasteiger charge is -2.27. The van der Waals surface area contributed by atoms with Crippen molar-refractivity contribution in [3.63, 3.8) is 0 Å². The Balaban J connectivity index is 1.64. The summed E-state index contributed by atoms with van der Waals surface area (Å²) < 4.78 is 80.5. The smallest absolute Gasteiger partial charge is 0.195 e. The van der Waals surface area contributed by atoms with Crippen LogP contribution in [0.5, 0.6) is 0 Å². The number of benzene rings is 3. The van der Waals surface area contributed by atoms with Crippen LogP contribution in [-0.4, -0.2) is 19.3 Å². The lowest BCUT2D eigenvalue weighted by atomic mass is 10.0. The molecule has 1 aliphatic rings. The highest BCUT2D eigenvalue weighted by molar-refractivity contribution is 5.84. The summed E-state index contributed by atoms with van der Waals surface area (Å²) in [5, 5.41) is -0.0386. The van der Waals surface area contributed by atoms with E-state index in [9.17, 15) is 22.0 Å². The SMILES string of the molecule is C[C@@H]1CO[C@@H](c2cc(F)c(C#Cc3ccc4c(F)c(F)c(F)cc4c3)c(F)c2)CO1. The van der Waals surface area contributed by atoms with Crippen LogP contribution in [0, 0.1) is 40.9 Å². The molecule has 0 bridgehead atoms. The third-order valence-corrected chi connectivity index (χ3v) is 4.80. The molecule has 1 aliphatic heterocycles. The fourth-order valence-electron chi connectivity index (χ4n) is 3.21. The molecule has 0 saturated carbocycles. The predicted molar refractivity (Wildman–Crippen MR) is 100 cm³/mol. The average molecular weight is 418 g/mol. The van der Waals surface area contributed by atoms with Crippen LogP contribution >= 0.6 is 0 Å². The second kappa shape index (κ2) is 8.05. The van der Waals surface area contributed by atoms with Gasteiger partial charge in [-0.3, -0.25) is 0 Å². The fraction of sp³-hybridized carbons (Fsp3) is 0.217. The fourth-order valence-corrected chi connectivity index (χ4v) is 3.21. The van der Waals surface area contributed by atoms with E-state index in [1.54, 1.807) is 0 Å². The Morgan fingerprint density at radius 1 is 0.800 bits per heavy atom. The van der Waals surface area contributed by atoms with Gasteiger partial charge in [0.05, 0.1) is 24.9 Å². The molecule has 30 heavy (non-hydrogen) atoms. The van der Waals surface area contributed by atoms with Crippen LogP contribution in [0.1, 0.15) is 29.7 Å². The highest BCUT2D eigenvalue weighted by Crippen LogP contribution is 2.27. The van der Waals surface area contributed by atoms with Crippen molar-refractivity contribution in [2.24, 2.45) is 0 Å². The maximum Gasteiger partial charge on any atom is 0.195 e. The lowest BCUT2D eigenvalue weighted by Crippen LogP contribution is -2.28. The van der Waals surface area contributed by atoms with Crippen molar-refractivity contribution in [3.8, 4) is 11.8 Å². The van der Waals surface area contributed by atoms with Gasteiger partial charge in [0.1, 0.15) is 17.7 Å². The number of hydrogen-bond acceptors (Lipinski definition) is 2. The summed E-state index contributed by atoms with van der Waals surface area (Å²) in [7, 11) is 0. The van der Waals surface area contributed by atoms with Crippen molar-refractivity contribution in [2.75, 3.05) is 13.2 Å². The number of ether oxygens (including phenoxy) is 2. The van der Waals surface area contributed by atoms with E-state index in [1.807, 2.05) is 6.92 Å². The van der Waals surface area contributed by atoms with Crippen molar-refractivity contribution in [1.29, 1.82) is 0 Å². The van der Waals surface area contributed by atoms with Gasteiger partial charge in [0, 0.05) is 10.9 Å². The molecule has 1 saturated heterocycles. The van der Waals surface area contributed by atoms with Crippen molar-refractivity contribution in [1.82, 2.24) is 0 Å². The zero-order valence-corrected chi connectivity index (χ0v) is 15.7. The largest absolute Gasteiger partial charge is 0.373 e. The van der Waals surface area contributed by atoms with E-state index >= 15 is 0 Å². The van der Waals surface area contributed by atoms with Gasteiger partial charge >= 0.3 is 0 Å². The first kappa shape index (κ1) is 20.3. The van der Waals surface area contributed by atoms with Crippen molar-refractivity contribution in [3.05, 3.63) is 82.2 Å². The van der Waals surface area contributed by atoms with Crippen LogP contribution in [0.15, 0.2) is 36.4 Å². The van der Waals surface area contributed by atoms with Crippen LogP contribution in [0.4, 0.5) is 22.0 Å². The summed E-state index contributed by atoms with van der Waals surface area (Å²) in [5.41, 5.74) is 0.121. The first-order valence-electron chi connectivity index (χ1n) is 9.15. The van der Waals surface area contributed by atoms with Crippen molar-refractivity contribution in [2.45, 2.75) is 19.1 Å². The minimum Gasteiger partial charge on any atom is -0.373 e. The molecule has 0 aromatic heterocycles. The van der Waals surface area contributed by atoms with Crippen LogP contribution in [0.2, 0.25) is 0 Å². The normalized spacial score (nSPS) is 18.9. The average Bonchev–Trinajstić information content (AvgIpc) is 2.72. The van der Waals surface area contributed by atoms with Gasteiger partial charge in [0.15, 0.2) is 17.5 Å². The topological polar surface area (TPSA) is 18.5 Å². The Hall–Kier alpha value is -2.95. The minimum absolute atomic E-state index is 0.0816. The molecule has 1 fully saturated rings. The van der Waals surface area contributed by atoms with Gasteiger partial charge in [-0.05, 0) is 48.2 Å². The predicted octanol–water partition coefficient (Wildman–Crippen LogP) is 5.41. The van der Waals surface area contributed by atoms with E-state index in [-0.39, 0.29) is 29.0 Å². The molecule has 3 aromatic carbocycles. The maximum absolute atomic E-state index is 14.5. The Morgan fingerprint density at radius 3 is 2.20 bits per heavy atom. The molecular weight excluding hydrogens is 403 g/mol. The highest BCUT2D eigenvalue weighted by atomic mass is 19.2. The van der Waals surface area contributed by atoms with Gasteiger partial charge in [0.2, 0.25) is 0 Å². The van der Waals surface area contributed by atoms with Crippen LogP contribution < -0.4 is 0 Å². The molecule has 0 radical (unpaired) electrons. The van der Waals surface area contributed by atoms with E-state index < -0.39 is 40.8 Å². The second-order valence-corrected chi connectivity index (χ2v) is 7.00. The first-order valence-corrected chi connectivity index (χ1v) is 9.15.